The Morgan fingerprint density at radius 1 is 1.04 bits per heavy atom. The molecule has 1 aliphatic carbocycles. The third-order valence-corrected chi connectivity index (χ3v) is 6.82. The summed E-state index contributed by atoms with van der Waals surface area (Å²) in [5.41, 5.74) is 6.75. The third-order valence-electron chi connectivity index (χ3n) is 6.82. The van der Waals surface area contributed by atoms with Crippen LogP contribution in [0.3, 0.4) is 0 Å². The fourth-order valence-electron chi connectivity index (χ4n) is 5.56. The van der Waals surface area contributed by atoms with Gasteiger partial charge in [-0.3, -0.25) is 0 Å². The SMILES string of the molecule is CN1C[C@H](c2ccnn2-c2ccccc2)C[C@@H]2c3cccc4[nH]cc(c34)C[C@H]21. The predicted octanol–water partition coefficient (Wildman–Crippen LogP) is 4.48. The van der Waals surface area contributed by atoms with Crippen molar-refractivity contribution in [2.75, 3.05) is 13.6 Å². The van der Waals surface area contributed by atoms with Gasteiger partial charge < -0.3 is 9.88 Å². The van der Waals surface area contributed by atoms with Crippen molar-refractivity contribution in [2.24, 2.45) is 0 Å². The highest BCUT2D eigenvalue weighted by molar-refractivity contribution is 5.88. The molecule has 28 heavy (non-hydrogen) atoms. The maximum atomic E-state index is 4.65. The zero-order chi connectivity index (χ0) is 18.7. The second-order valence-electron chi connectivity index (χ2n) is 8.34. The zero-order valence-electron chi connectivity index (χ0n) is 16.0. The van der Waals surface area contributed by atoms with Gasteiger partial charge in [0.15, 0.2) is 0 Å². The lowest BCUT2D eigenvalue weighted by Gasteiger charge is -2.45. The number of hydrogen-bond donors (Lipinski definition) is 1. The molecular formula is C24H24N4. The van der Waals surface area contributed by atoms with Crippen molar-refractivity contribution in [3.05, 3.63) is 83.8 Å². The number of fused-ring (bicyclic) bond motifs is 2. The van der Waals surface area contributed by atoms with Crippen LogP contribution in [0.1, 0.15) is 35.1 Å². The molecular weight excluding hydrogens is 344 g/mol. The first-order valence-electron chi connectivity index (χ1n) is 10.2. The van der Waals surface area contributed by atoms with Crippen LogP contribution >= 0.6 is 0 Å². The van der Waals surface area contributed by atoms with Gasteiger partial charge in [-0.25, -0.2) is 4.68 Å². The highest BCUT2D eigenvalue weighted by Gasteiger charge is 2.40. The first-order chi connectivity index (χ1) is 13.8. The minimum atomic E-state index is 0.477. The molecule has 1 fully saturated rings. The summed E-state index contributed by atoms with van der Waals surface area (Å²) in [5, 5.41) is 6.12. The summed E-state index contributed by atoms with van der Waals surface area (Å²) < 4.78 is 2.13. The average Bonchev–Trinajstić information content (AvgIpc) is 3.38. The summed E-state index contributed by atoms with van der Waals surface area (Å²) in [5.74, 6) is 1.04. The predicted molar refractivity (Wildman–Crippen MR) is 112 cm³/mol. The molecule has 6 rings (SSSR count). The van der Waals surface area contributed by atoms with Gasteiger partial charge in [0.05, 0.1) is 5.69 Å². The fourth-order valence-corrected chi connectivity index (χ4v) is 5.56. The molecule has 4 aromatic rings. The Morgan fingerprint density at radius 2 is 1.93 bits per heavy atom. The monoisotopic (exact) mass is 368 g/mol. The van der Waals surface area contributed by atoms with Gasteiger partial charge in [0.1, 0.15) is 0 Å². The lowest BCUT2D eigenvalue weighted by molar-refractivity contribution is 0.137. The van der Waals surface area contributed by atoms with Crippen molar-refractivity contribution in [3.63, 3.8) is 0 Å². The van der Waals surface area contributed by atoms with E-state index in [9.17, 15) is 0 Å². The molecule has 140 valence electrons. The number of hydrogen-bond acceptors (Lipinski definition) is 2. The Morgan fingerprint density at radius 3 is 2.82 bits per heavy atom. The summed E-state index contributed by atoms with van der Waals surface area (Å²) >= 11 is 0. The number of likely N-dealkylation sites (N-methyl/N-ethyl adjacent to an activating group) is 1. The Bertz CT molecular complexity index is 1140. The van der Waals surface area contributed by atoms with E-state index < -0.39 is 0 Å². The van der Waals surface area contributed by atoms with Gasteiger partial charge in [-0.05, 0) is 55.3 Å². The average molecular weight is 368 g/mol. The molecule has 0 bridgehead atoms. The number of benzene rings is 2. The molecule has 4 nitrogen and oxygen atoms in total. The van der Waals surface area contributed by atoms with Crippen molar-refractivity contribution < 1.29 is 0 Å². The molecule has 1 N–H and O–H groups in total. The summed E-state index contributed by atoms with van der Waals surface area (Å²) in [7, 11) is 2.30. The largest absolute Gasteiger partial charge is 0.361 e. The maximum absolute atomic E-state index is 4.65. The second-order valence-corrected chi connectivity index (χ2v) is 8.34. The van der Waals surface area contributed by atoms with Crippen molar-refractivity contribution in [2.45, 2.75) is 30.7 Å². The summed E-state index contributed by atoms with van der Waals surface area (Å²) in [6.45, 7) is 1.08. The van der Waals surface area contributed by atoms with Crippen LogP contribution in [-0.4, -0.2) is 39.3 Å². The quantitative estimate of drug-likeness (QED) is 0.566. The molecule has 0 amide bonds. The molecule has 2 aliphatic rings. The van der Waals surface area contributed by atoms with E-state index >= 15 is 0 Å². The molecule has 0 radical (unpaired) electrons. The lowest BCUT2D eigenvalue weighted by Crippen LogP contribution is -2.47. The molecule has 2 aromatic carbocycles. The van der Waals surface area contributed by atoms with Crippen molar-refractivity contribution in [1.29, 1.82) is 0 Å². The normalized spacial score (nSPS) is 24.4. The van der Waals surface area contributed by atoms with Gasteiger partial charge in [-0.15, -0.1) is 0 Å². The van der Waals surface area contributed by atoms with E-state index in [0.29, 0.717) is 17.9 Å². The zero-order valence-corrected chi connectivity index (χ0v) is 16.0. The summed E-state index contributed by atoms with van der Waals surface area (Å²) in [6, 6.07) is 20.0. The van der Waals surface area contributed by atoms with Crippen LogP contribution in [0.15, 0.2) is 67.0 Å². The molecule has 0 spiro atoms. The van der Waals surface area contributed by atoms with E-state index in [-0.39, 0.29) is 0 Å². The van der Waals surface area contributed by atoms with Crippen LogP contribution in [0.4, 0.5) is 0 Å². The smallest absolute Gasteiger partial charge is 0.0648 e. The van der Waals surface area contributed by atoms with Gasteiger partial charge in [-0.1, -0.05) is 30.3 Å². The first-order valence-corrected chi connectivity index (χ1v) is 10.2. The highest BCUT2D eigenvalue weighted by atomic mass is 15.3. The molecule has 0 saturated carbocycles. The number of piperidine rings is 1. The maximum Gasteiger partial charge on any atom is 0.0648 e. The summed E-state index contributed by atoms with van der Waals surface area (Å²) in [4.78, 5) is 6.06. The van der Waals surface area contributed by atoms with E-state index in [1.807, 2.05) is 6.20 Å². The summed E-state index contributed by atoms with van der Waals surface area (Å²) in [6.07, 6.45) is 6.48. The Balaban J connectivity index is 1.42. The number of H-pyrrole nitrogens is 1. The van der Waals surface area contributed by atoms with Crippen LogP contribution in [0, 0.1) is 0 Å². The topological polar surface area (TPSA) is 36.9 Å². The lowest BCUT2D eigenvalue weighted by atomic mass is 9.72. The van der Waals surface area contributed by atoms with E-state index in [1.165, 1.54) is 34.1 Å². The number of nitrogens with one attached hydrogen (secondary N) is 1. The number of para-hydroxylation sites is 1. The Labute approximate surface area is 164 Å². The Hall–Kier alpha value is -2.85. The van der Waals surface area contributed by atoms with Crippen LogP contribution < -0.4 is 0 Å². The van der Waals surface area contributed by atoms with Crippen molar-refractivity contribution >= 4 is 10.9 Å². The molecule has 0 unspecified atom stereocenters. The minimum Gasteiger partial charge on any atom is -0.361 e. The molecule has 2 aromatic heterocycles. The van der Waals surface area contributed by atoms with E-state index in [2.05, 4.69) is 87.5 Å². The molecule has 3 heterocycles. The van der Waals surface area contributed by atoms with Gasteiger partial charge in [0.25, 0.3) is 0 Å². The number of aromatic amines is 1. The standard InChI is InChI=1S/C24H24N4/c1-27-15-17(22-10-11-26-28(22)18-6-3-2-4-7-18)12-20-19-8-5-9-21-24(19)16(14-25-21)13-23(20)27/h2-11,14,17,20,23,25H,12-13,15H2,1H3/t17-,20-,23-/m1/s1. The Kier molecular flexibility index (Phi) is 3.50. The van der Waals surface area contributed by atoms with Gasteiger partial charge in [0.2, 0.25) is 0 Å². The third kappa shape index (κ3) is 2.31. The van der Waals surface area contributed by atoms with Gasteiger partial charge in [-0.2, -0.15) is 5.10 Å². The number of nitrogens with zero attached hydrogens (tertiary/aromatic N) is 3. The van der Waals surface area contributed by atoms with Gasteiger partial charge in [0, 0.05) is 53.4 Å². The van der Waals surface area contributed by atoms with Crippen molar-refractivity contribution in [1.82, 2.24) is 19.7 Å². The number of rotatable bonds is 2. The molecule has 3 atom stereocenters. The number of likely N-dealkylation sites (tertiary alicyclic amines) is 1. The molecule has 1 saturated heterocycles. The fraction of sp³-hybridized carbons (Fsp3) is 0.292. The van der Waals surface area contributed by atoms with Crippen molar-refractivity contribution in [3.8, 4) is 5.69 Å². The van der Waals surface area contributed by atoms with Crippen LogP contribution in [-0.2, 0) is 6.42 Å². The second kappa shape index (κ2) is 6.08. The van der Waals surface area contributed by atoms with E-state index in [0.717, 1.165) is 18.7 Å². The highest BCUT2D eigenvalue weighted by Crippen LogP contribution is 2.46. The molecule has 1 aliphatic heterocycles. The van der Waals surface area contributed by atoms with Gasteiger partial charge >= 0.3 is 0 Å². The van der Waals surface area contributed by atoms with Crippen LogP contribution in [0.2, 0.25) is 0 Å². The molecule has 4 heteroatoms. The minimum absolute atomic E-state index is 0.477. The first kappa shape index (κ1) is 16.1. The van der Waals surface area contributed by atoms with Crippen LogP contribution in [0.25, 0.3) is 16.6 Å². The van der Waals surface area contributed by atoms with E-state index in [1.54, 1.807) is 0 Å². The van der Waals surface area contributed by atoms with E-state index in [4.69, 9.17) is 0 Å². The number of aromatic nitrogens is 3. The van der Waals surface area contributed by atoms with Crippen LogP contribution in [0.5, 0.6) is 0 Å².